The standard InChI is InChI=1S/C29H34F2N2O6SSi/c1-17-24(26(27(34)35)40-25(17)21-15-32-23-10-8-9-13-33(21)23)37-18(2)20-12-11-19(14-22(20)38-28(30)31)16-36-41(6,7)39-29(3,4)5/h8-15,18,28H,16H2,1-7H3,(H,34,35)/t18-/m1/s1. The summed E-state index contributed by atoms with van der Waals surface area (Å²) in [4.78, 5) is 17.3. The maximum atomic E-state index is 13.4. The van der Waals surface area contributed by atoms with Gasteiger partial charge in [0.25, 0.3) is 0 Å². The van der Waals surface area contributed by atoms with Crippen molar-refractivity contribution in [1.82, 2.24) is 9.38 Å². The van der Waals surface area contributed by atoms with Gasteiger partial charge in [-0.25, -0.2) is 9.78 Å². The molecule has 3 heterocycles. The number of rotatable bonds is 11. The van der Waals surface area contributed by atoms with Crippen molar-refractivity contribution in [1.29, 1.82) is 0 Å². The zero-order chi connectivity index (χ0) is 30.1. The molecule has 220 valence electrons. The van der Waals surface area contributed by atoms with Crippen molar-refractivity contribution in [2.24, 2.45) is 0 Å². The Morgan fingerprint density at radius 1 is 1.17 bits per heavy atom. The number of aromatic nitrogens is 2. The molecule has 1 atom stereocenters. The van der Waals surface area contributed by atoms with Gasteiger partial charge < -0.3 is 23.4 Å². The number of alkyl halides is 2. The quantitative estimate of drug-likeness (QED) is 0.174. The summed E-state index contributed by atoms with van der Waals surface area (Å²) in [5.41, 5.74) is 2.64. The molecular formula is C29H34F2N2O6SSi. The summed E-state index contributed by atoms with van der Waals surface area (Å²) in [5.74, 6) is -1.06. The van der Waals surface area contributed by atoms with E-state index in [1.54, 1.807) is 32.2 Å². The van der Waals surface area contributed by atoms with E-state index in [1.807, 2.05) is 62.7 Å². The first-order valence-corrected chi connectivity index (χ1v) is 16.7. The Kier molecular flexibility index (Phi) is 8.88. The lowest BCUT2D eigenvalue weighted by Crippen LogP contribution is -2.41. The smallest absolute Gasteiger partial charge is 0.387 e. The highest BCUT2D eigenvalue weighted by Crippen LogP contribution is 2.44. The SMILES string of the molecule is Cc1c(-c2cnc3ccccn23)sc(C(=O)O)c1O[C@H](C)c1ccc(CO[Si](C)(C)OC(C)(C)C)cc1OC(F)F. The highest BCUT2D eigenvalue weighted by Gasteiger charge is 2.31. The number of aromatic carboxylic acids is 1. The van der Waals surface area contributed by atoms with Crippen molar-refractivity contribution in [3.8, 4) is 22.1 Å². The van der Waals surface area contributed by atoms with E-state index in [-0.39, 0.29) is 28.6 Å². The Hall–Kier alpha value is -3.32. The topological polar surface area (TPSA) is 91.5 Å². The molecule has 0 amide bonds. The summed E-state index contributed by atoms with van der Waals surface area (Å²) < 4.78 is 51.8. The molecule has 4 aromatic rings. The van der Waals surface area contributed by atoms with Gasteiger partial charge in [-0.05, 0) is 71.5 Å². The van der Waals surface area contributed by atoms with Gasteiger partial charge in [-0.1, -0.05) is 18.2 Å². The maximum Gasteiger partial charge on any atom is 0.387 e. The first-order chi connectivity index (χ1) is 19.1. The molecule has 0 saturated carbocycles. The van der Waals surface area contributed by atoms with Crippen molar-refractivity contribution < 1.29 is 37.0 Å². The summed E-state index contributed by atoms with van der Waals surface area (Å²) in [7, 11) is -2.49. The van der Waals surface area contributed by atoms with Gasteiger partial charge >= 0.3 is 21.1 Å². The minimum atomic E-state index is -3.06. The first kappa shape index (κ1) is 30.6. The first-order valence-electron chi connectivity index (χ1n) is 13.0. The lowest BCUT2D eigenvalue weighted by Gasteiger charge is -2.31. The average Bonchev–Trinajstić information content (AvgIpc) is 3.42. The molecule has 0 aliphatic heterocycles. The fraction of sp³-hybridized carbons (Fsp3) is 0.379. The lowest BCUT2D eigenvalue weighted by molar-refractivity contribution is -0.0513. The molecule has 1 N–H and O–H groups in total. The molecule has 12 heteroatoms. The number of fused-ring (bicyclic) bond motifs is 1. The van der Waals surface area contributed by atoms with Crippen LogP contribution in [0, 0.1) is 6.92 Å². The molecular weight excluding hydrogens is 570 g/mol. The molecule has 0 spiro atoms. The number of carbonyl (C=O) groups is 1. The van der Waals surface area contributed by atoms with Crippen LogP contribution in [-0.4, -0.2) is 41.2 Å². The molecule has 0 fully saturated rings. The number of pyridine rings is 1. The van der Waals surface area contributed by atoms with E-state index < -0.39 is 27.2 Å². The average molecular weight is 605 g/mol. The number of hydrogen-bond acceptors (Lipinski definition) is 7. The molecule has 4 rings (SSSR count). The van der Waals surface area contributed by atoms with E-state index in [1.165, 1.54) is 6.07 Å². The Balaban J connectivity index is 1.63. The van der Waals surface area contributed by atoms with Gasteiger partial charge in [0.05, 0.1) is 29.0 Å². The number of carboxylic acids is 1. The van der Waals surface area contributed by atoms with Crippen molar-refractivity contribution in [3.05, 3.63) is 70.4 Å². The Morgan fingerprint density at radius 3 is 2.56 bits per heavy atom. The second-order valence-corrected chi connectivity index (χ2v) is 15.3. The molecule has 0 aliphatic rings. The monoisotopic (exact) mass is 604 g/mol. The molecule has 0 bridgehead atoms. The predicted octanol–water partition coefficient (Wildman–Crippen LogP) is 7.84. The zero-order valence-electron chi connectivity index (χ0n) is 24.0. The van der Waals surface area contributed by atoms with Crippen LogP contribution in [0.15, 0.2) is 48.8 Å². The summed E-state index contributed by atoms with van der Waals surface area (Å²) in [6, 6.07) is 10.4. The Bertz CT molecular complexity index is 1550. The van der Waals surface area contributed by atoms with Crippen molar-refractivity contribution in [3.63, 3.8) is 0 Å². The zero-order valence-corrected chi connectivity index (χ0v) is 25.8. The van der Waals surface area contributed by atoms with Gasteiger partial charge in [-0.2, -0.15) is 8.78 Å². The van der Waals surface area contributed by atoms with Crippen LogP contribution in [0.25, 0.3) is 16.2 Å². The second kappa shape index (κ2) is 11.9. The maximum absolute atomic E-state index is 13.4. The molecule has 0 unspecified atom stereocenters. The number of benzene rings is 1. The second-order valence-electron chi connectivity index (χ2n) is 11.0. The molecule has 3 aromatic heterocycles. The molecule has 1 aromatic carbocycles. The van der Waals surface area contributed by atoms with Gasteiger partial charge in [0.1, 0.15) is 23.3 Å². The van der Waals surface area contributed by atoms with E-state index in [0.29, 0.717) is 21.6 Å². The minimum absolute atomic E-state index is 0.00242. The predicted molar refractivity (Wildman–Crippen MR) is 155 cm³/mol. The number of thiophene rings is 1. The normalized spacial score (nSPS) is 13.1. The third-order valence-corrected chi connectivity index (χ3v) is 9.33. The minimum Gasteiger partial charge on any atom is -0.484 e. The van der Waals surface area contributed by atoms with Crippen LogP contribution in [0.4, 0.5) is 8.78 Å². The number of halogens is 2. The molecule has 8 nitrogen and oxygen atoms in total. The van der Waals surface area contributed by atoms with Gasteiger partial charge in [-0.3, -0.25) is 4.40 Å². The van der Waals surface area contributed by atoms with Crippen molar-refractivity contribution >= 4 is 31.5 Å². The largest absolute Gasteiger partial charge is 0.484 e. The highest BCUT2D eigenvalue weighted by atomic mass is 32.1. The van der Waals surface area contributed by atoms with Gasteiger partial charge in [-0.15, -0.1) is 11.3 Å². The Labute approximate surface area is 242 Å². The van der Waals surface area contributed by atoms with Crippen LogP contribution >= 0.6 is 11.3 Å². The number of nitrogens with zero attached hydrogens (tertiary/aromatic N) is 2. The van der Waals surface area contributed by atoms with Crippen LogP contribution in [-0.2, 0) is 15.5 Å². The fourth-order valence-corrected chi connectivity index (χ4v) is 7.73. The van der Waals surface area contributed by atoms with Crippen LogP contribution in [0.2, 0.25) is 13.1 Å². The highest BCUT2D eigenvalue weighted by molar-refractivity contribution is 7.17. The number of imidazole rings is 1. The van der Waals surface area contributed by atoms with Crippen molar-refractivity contribution in [2.75, 3.05) is 0 Å². The lowest BCUT2D eigenvalue weighted by atomic mass is 10.1. The molecule has 0 saturated heterocycles. The number of hydrogen-bond donors (Lipinski definition) is 1. The Morgan fingerprint density at radius 2 is 1.90 bits per heavy atom. The summed E-state index contributed by atoms with van der Waals surface area (Å²) in [6.07, 6.45) is 2.72. The third kappa shape index (κ3) is 7.31. The van der Waals surface area contributed by atoms with Gasteiger partial charge in [0, 0.05) is 17.3 Å². The molecule has 0 aliphatic carbocycles. The van der Waals surface area contributed by atoms with Crippen LogP contribution in [0.1, 0.15) is 60.2 Å². The number of carboxylic acid groups (broad SMARTS) is 1. The van der Waals surface area contributed by atoms with E-state index >= 15 is 0 Å². The van der Waals surface area contributed by atoms with Crippen molar-refractivity contribution in [2.45, 2.75) is 72.6 Å². The van der Waals surface area contributed by atoms with E-state index in [4.69, 9.17) is 18.3 Å². The summed E-state index contributed by atoms with van der Waals surface area (Å²) >= 11 is 1.07. The van der Waals surface area contributed by atoms with Crippen LogP contribution < -0.4 is 9.47 Å². The fourth-order valence-electron chi connectivity index (χ4n) is 4.59. The molecule has 0 radical (unpaired) electrons. The van der Waals surface area contributed by atoms with E-state index in [2.05, 4.69) is 4.98 Å². The van der Waals surface area contributed by atoms with E-state index in [0.717, 1.165) is 22.7 Å². The van der Waals surface area contributed by atoms with Gasteiger partial charge in [0.15, 0.2) is 4.88 Å². The van der Waals surface area contributed by atoms with Crippen LogP contribution in [0.3, 0.4) is 0 Å². The number of ether oxygens (including phenoxy) is 2. The third-order valence-electron chi connectivity index (χ3n) is 6.10. The van der Waals surface area contributed by atoms with E-state index in [9.17, 15) is 18.7 Å². The summed E-state index contributed by atoms with van der Waals surface area (Å²) in [6.45, 7) is 10.2. The summed E-state index contributed by atoms with van der Waals surface area (Å²) in [5, 5.41) is 9.97. The van der Waals surface area contributed by atoms with Gasteiger partial charge in [0.2, 0.25) is 0 Å². The molecule has 41 heavy (non-hydrogen) atoms. The van der Waals surface area contributed by atoms with Crippen LogP contribution in [0.5, 0.6) is 11.5 Å².